The Kier molecular flexibility index (Phi) is 4.28. The van der Waals surface area contributed by atoms with Gasteiger partial charge in [0.25, 0.3) is 0 Å². The molecular formula is C13H22ClNOSi. The van der Waals surface area contributed by atoms with Gasteiger partial charge >= 0.3 is 0 Å². The Morgan fingerprint density at radius 2 is 1.88 bits per heavy atom. The lowest BCUT2D eigenvalue weighted by Crippen LogP contribution is -2.43. The van der Waals surface area contributed by atoms with Gasteiger partial charge in [-0.05, 0) is 35.8 Å². The lowest BCUT2D eigenvalue weighted by Gasteiger charge is -2.36. The summed E-state index contributed by atoms with van der Waals surface area (Å²) in [6.45, 7) is 11.5. The molecule has 1 rings (SSSR count). The molecular weight excluding hydrogens is 250 g/mol. The van der Waals surface area contributed by atoms with Crippen LogP contribution in [0.5, 0.6) is 5.75 Å². The van der Waals surface area contributed by atoms with E-state index < -0.39 is 8.32 Å². The van der Waals surface area contributed by atoms with Gasteiger partial charge in [0, 0.05) is 11.6 Å². The summed E-state index contributed by atoms with van der Waals surface area (Å²) in [4.78, 5) is 0. The van der Waals surface area contributed by atoms with Gasteiger partial charge in [-0.1, -0.05) is 38.4 Å². The maximum atomic E-state index is 6.16. The van der Waals surface area contributed by atoms with Gasteiger partial charge in [0.1, 0.15) is 5.75 Å². The van der Waals surface area contributed by atoms with Crippen molar-refractivity contribution in [1.29, 1.82) is 0 Å². The predicted octanol–water partition coefficient (Wildman–Crippen LogP) is 4.18. The van der Waals surface area contributed by atoms with E-state index in [2.05, 4.69) is 33.9 Å². The maximum absolute atomic E-state index is 6.16. The van der Waals surface area contributed by atoms with Crippen molar-refractivity contribution in [3.05, 3.63) is 28.8 Å². The van der Waals surface area contributed by atoms with E-state index in [1.165, 1.54) is 0 Å². The summed E-state index contributed by atoms with van der Waals surface area (Å²) in [6.07, 6.45) is 0. The molecule has 0 saturated heterocycles. The van der Waals surface area contributed by atoms with E-state index in [0.29, 0.717) is 11.6 Å². The first-order valence-electron chi connectivity index (χ1n) is 5.85. The van der Waals surface area contributed by atoms with Gasteiger partial charge in [0.2, 0.25) is 8.32 Å². The minimum atomic E-state index is -1.79. The van der Waals surface area contributed by atoms with E-state index >= 15 is 0 Å². The zero-order valence-corrected chi connectivity index (χ0v) is 13.1. The van der Waals surface area contributed by atoms with Crippen LogP contribution in [0.15, 0.2) is 18.2 Å². The Balaban J connectivity index is 2.93. The van der Waals surface area contributed by atoms with Crippen LogP contribution in [0, 0.1) is 0 Å². The highest BCUT2D eigenvalue weighted by molar-refractivity contribution is 6.74. The van der Waals surface area contributed by atoms with Crippen molar-refractivity contribution in [2.24, 2.45) is 5.73 Å². The van der Waals surface area contributed by atoms with E-state index in [1.54, 1.807) is 0 Å². The minimum absolute atomic E-state index is 0.187. The van der Waals surface area contributed by atoms with Gasteiger partial charge in [-0.15, -0.1) is 0 Å². The first kappa shape index (κ1) is 14.5. The van der Waals surface area contributed by atoms with Crippen molar-refractivity contribution in [2.45, 2.75) is 45.4 Å². The van der Waals surface area contributed by atoms with E-state index in [-0.39, 0.29) is 5.04 Å². The minimum Gasteiger partial charge on any atom is -0.543 e. The van der Waals surface area contributed by atoms with Crippen LogP contribution in [0.25, 0.3) is 0 Å². The second kappa shape index (κ2) is 5.00. The van der Waals surface area contributed by atoms with E-state index in [4.69, 9.17) is 21.8 Å². The van der Waals surface area contributed by atoms with Crippen LogP contribution in [0.3, 0.4) is 0 Å². The average Bonchev–Trinajstić information content (AvgIpc) is 2.15. The van der Waals surface area contributed by atoms with Crippen LogP contribution in [-0.4, -0.2) is 8.32 Å². The third kappa shape index (κ3) is 3.47. The van der Waals surface area contributed by atoms with Crippen molar-refractivity contribution >= 4 is 19.9 Å². The molecule has 0 aliphatic carbocycles. The average molecular weight is 272 g/mol. The Bertz CT molecular complexity index is 399. The molecule has 0 spiro atoms. The molecule has 0 saturated carbocycles. The zero-order valence-electron chi connectivity index (χ0n) is 11.3. The first-order valence-corrected chi connectivity index (χ1v) is 9.13. The molecule has 0 aliphatic rings. The summed E-state index contributed by atoms with van der Waals surface area (Å²) < 4.78 is 6.16. The largest absolute Gasteiger partial charge is 0.543 e. The Labute approximate surface area is 110 Å². The van der Waals surface area contributed by atoms with Gasteiger partial charge in [0.15, 0.2) is 0 Å². The Morgan fingerprint density at radius 3 is 2.29 bits per heavy atom. The zero-order chi connectivity index (χ0) is 13.3. The van der Waals surface area contributed by atoms with Crippen molar-refractivity contribution in [3.63, 3.8) is 0 Å². The number of halogens is 1. The number of benzene rings is 1. The molecule has 0 aromatic heterocycles. The third-order valence-corrected chi connectivity index (χ3v) is 8.13. The van der Waals surface area contributed by atoms with E-state index in [1.807, 2.05) is 18.2 Å². The van der Waals surface area contributed by atoms with E-state index in [0.717, 1.165) is 11.3 Å². The van der Waals surface area contributed by atoms with Crippen molar-refractivity contribution < 1.29 is 4.43 Å². The van der Waals surface area contributed by atoms with Gasteiger partial charge in [-0.2, -0.15) is 0 Å². The highest BCUT2D eigenvalue weighted by Gasteiger charge is 2.38. The number of hydrogen-bond donors (Lipinski definition) is 1. The standard InChI is InChI=1S/C13H22ClNOSi/c1-13(2,3)17(4,5)16-11-7-6-10(9-15)12(14)8-11/h6-8H,9,15H2,1-5H3. The molecule has 0 unspecified atom stereocenters. The molecule has 17 heavy (non-hydrogen) atoms. The van der Waals surface area contributed by atoms with Gasteiger partial charge in [-0.25, -0.2) is 0 Å². The van der Waals surface area contributed by atoms with Crippen molar-refractivity contribution in [1.82, 2.24) is 0 Å². The van der Waals surface area contributed by atoms with Crippen LogP contribution in [0.1, 0.15) is 26.3 Å². The summed E-state index contributed by atoms with van der Waals surface area (Å²) in [5, 5.41) is 0.871. The maximum Gasteiger partial charge on any atom is 0.250 e. The molecule has 0 bridgehead atoms. The lowest BCUT2D eigenvalue weighted by atomic mass is 10.2. The molecule has 1 aromatic carbocycles. The third-order valence-electron chi connectivity index (χ3n) is 3.42. The number of nitrogens with two attached hydrogens (primary N) is 1. The molecule has 0 heterocycles. The highest BCUT2D eigenvalue weighted by Crippen LogP contribution is 2.37. The molecule has 1 aromatic rings. The molecule has 2 N–H and O–H groups in total. The second-order valence-electron chi connectivity index (χ2n) is 5.82. The summed E-state index contributed by atoms with van der Waals surface area (Å²) in [5.74, 6) is 0.846. The molecule has 96 valence electrons. The molecule has 0 aliphatic heterocycles. The van der Waals surface area contributed by atoms with Gasteiger partial charge in [0.05, 0.1) is 0 Å². The smallest absolute Gasteiger partial charge is 0.250 e. The summed E-state index contributed by atoms with van der Waals surface area (Å²) in [5.41, 5.74) is 6.53. The van der Waals surface area contributed by atoms with Gasteiger partial charge in [-0.3, -0.25) is 0 Å². The van der Waals surface area contributed by atoms with Crippen molar-refractivity contribution in [2.75, 3.05) is 0 Å². The summed E-state index contributed by atoms with van der Waals surface area (Å²) in [7, 11) is -1.79. The normalized spacial score (nSPS) is 12.6. The Hall–Kier alpha value is -0.513. The first-order chi connectivity index (χ1) is 7.67. The summed E-state index contributed by atoms with van der Waals surface area (Å²) in [6, 6.07) is 5.75. The highest BCUT2D eigenvalue weighted by atomic mass is 35.5. The molecule has 4 heteroatoms. The molecule has 0 amide bonds. The topological polar surface area (TPSA) is 35.2 Å². The Morgan fingerprint density at radius 1 is 1.29 bits per heavy atom. The fraction of sp³-hybridized carbons (Fsp3) is 0.538. The fourth-order valence-electron chi connectivity index (χ4n) is 1.20. The monoisotopic (exact) mass is 271 g/mol. The van der Waals surface area contributed by atoms with Crippen LogP contribution >= 0.6 is 11.6 Å². The molecule has 0 fully saturated rings. The predicted molar refractivity (Wildman–Crippen MR) is 77.2 cm³/mol. The van der Waals surface area contributed by atoms with Gasteiger partial charge < -0.3 is 10.2 Å². The van der Waals surface area contributed by atoms with Crippen molar-refractivity contribution in [3.8, 4) is 5.75 Å². The number of rotatable bonds is 3. The molecule has 0 radical (unpaired) electrons. The second-order valence-corrected chi connectivity index (χ2v) is 11.0. The fourth-order valence-corrected chi connectivity index (χ4v) is 2.47. The number of hydrogen-bond acceptors (Lipinski definition) is 2. The van der Waals surface area contributed by atoms with Crippen LogP contribution in [0.4, 0.5) is 0 Å². The quantitative estimate of drug-likeness (QED) is 0.837. The molecule has 0 atom stereocenters. The van der Waals surface area contributed by atoms with Crippen LogP contribution in [0.2, 0.25) is 23.2 Å². The molecule has 2 nitrogen and oxygen atoms in total. The summed E-state index contributed by atoms with van der Waals surface area (Å²) >= 11 is 6.13. The van der Waals surface area contributed by atoms with Crippen LogP contribution < -0.4 is 10.2 Å². The van der Waals surface area contributed by atoms with Crippen LogP contribution in [-0.2, 0) is 6.54 Å². The van der Waals surface area contributed by atoms with E-state index in [9.17, 15) is 0 Å². The SMILES string of the molecule is CC(C)(C)[Si](C)(C)Oc1ccc(CN)c(Cl)c1. The lowest BCUT2D eigenvalue weighted by molar-refractivity contribution is 0.492.